The second-order valence-electron chi connectivity index (χ2n) is 7.00. The molecule has 0 aliphatic rings. The number of amides is 2. The van der Waals surface area contributed by atoms with Gasteiger partial charge in [0, 0.05) is 25.2 Å². The van der Waals surface area contributed by atoms with Crippen LogP contribution in [-0.2, 0) is 14.3 Å². The van der Waals surface area contributed by atoms with Crippen molar-refractivity contribution in [2.24, 2.45) is 0 Å². The van der Waals surface area contributed by atoms with E-state index in [1.165, 1.54) is 13.8 Å². The van der Waals surface area contributed by atoms with Crippen LogP contribution in [0.5, 0.6) is 0 Å². The highest BCUT2D eigenvalue weighted by molar-refractivity contribution is 6.05. The lowest BCUT2D eigenvalue weighted by atomic mass is 10.0. The number of carbonyl (C=O) groups excluding carboxylic acids is 4. The van der Waals surface area contributed by atoms with E-state index in [9.17, 15) is 19.2 Å². The molecule has 0 saturated carbocycles. The molecule has 7 heteroatoms. The molecule has 2 amide bonds. The van der Waals surface area contributed by atoms with E-state index < -0.39 is 11.9 Å². The summed E-state index contributed by atoms with van der Waals surface area (Å²) in [4.78, 5) is 47.7. The Hall–Kier alpha value is -3.48. The first-order valence-electron chi connectivity index (χ1n) is 9.03. The minimum absolute atomic E-state index is 0.216. The molecule has 2 rings (SSSR count). The molecule has 0 fully saturated rings. The van der Waals surface area contributed by atoms with Crippen LogP contribution >= 0.6 is 0 Å². The third kappa shape index (κ3) is 5.28. The zero-order valence-electron chi connectivity index (χ0n) is 17.4. The zero-order valence-corrected chi connectivity index (χ0v) is 17.4. The van der Waals surface area contributed by atoms with Crippen molar-refractivity contribution in [2.45, 2.75) is 41.5 Å². The number of carbonyl (C=O) groups is 4. The number of hydrogen-bond acceptors (Lipinski definition) is 5. The summed E-state index contributed by atoms with van der Waals surface area (Å²) in [5.41, 5.74) is 4.19. The average Bonchev–Trinajstić information content (AvgIpc) is 2.59. The molecule has 0 aliphatic heterocycles. The summed E-state index contributed by atoms with van der Waals surface area (Å²) in [6.45, 7) is 9.69. The number of nitrogens with one attached hydrogen (secondary N) is 2. The lowest BCUT2D eigenvalue weighted by molar-refractivity contribution is -0.115. The van der Waals surface area contributed by atoms with Crippen molar-refractivity contribution in [1.82, 2.24) is 0 Å². The average molecular weight is 396 g/mol. The van der Waals surface area contributed by atoms with Crippen LogP contribution in [0, 0.1) is 27.7 Å². The van der Waals surface area contributed by atoms with Gasteiger partial charge >= 0.3 is 11.9 Å². The molecule has 0 aliphatic carbocycles. The molecule has 7 nitrogen and oxygen atoms in total. The number of esters is 2. The van der Waals surface area contributed by atoms with Crippen LogP contribution in [0.15, 0.2) is 24.3 Å². The SMILES string of the molecule is CC(=O)Nc1cc(C)c(C(=O)OC(=O)c2cc(C)c(NC(C)=O)cc2C)cc1C. The molecule has 0 atom stereocenters. The maximum Gasteiger partial charge on any atom is 0.346 e. The molecular formula is C22H24N2O5. The topological polar surface area (TPSA) is 102 Å². The molecule has 0 heterocycles. The molecule has 2 aromatic carbocycles. The Kier molecular flexibility index (Phi) is 6.53. The fourth-order valence-electron chi connectivity index (χ4n) is 2.91. The van der Waals surface area contributed by atoms with Gasteiger partial charge in [-0.15, -0.1) is 0 Å². The van der Waals surface area contributed by atoms with Gasteiger partial charge in [-0.3, -0.25) is 9.59 Å². The number of ether oxygens (including phenoxy) is 1. The van der Waals surface area contributed by atoms with Gasteiger partial charge in [0.05, 0.1) is 11.1 Å². The lowest BCUT2D eigenvalue weighted by Crippen LogP contribution is -2.16. The molecule has 0 radical (unpaired) electrons. The summed E-state index contributed by atoms with van der Waals surface area (Å²) in [7, 11) is 0. The molecule has 152 valence electrons. The van der Waals surface area contributed by atoms with Crippen LogP contribution in [0.3, 0.4) is 0 Å². The number of benzene rings is 2. The maximum absolute atomic E-state index is 12.6. The van der Waals surface area contributed by atoms with Crippen molar-refractivity contribution in [3.63, 3.8) is 0 Å². The summed E-state index contributed by atoms with van der Waals surface area (Å²) in [6.07, 6.45) is 0. The van der Waals surface area contributed by atoms with Crippen molar-refractivity contribution in [3.05, 3.63) is 57.6 Å². The quantitative estimate of drug-likeness (QED) is 0.604. The second-order valence-corrected chi connectivity index (χ2v) is 7.00. The molecule has 0 spiro atoms. The van der Waals surface area contributed by atoms with Gasteiger partial charge in [-0.2, -0.15) is 0 Å². The molecule has 0 saturated heterocycles. The molecule has 0 bridgehead atoms. The summed E-state index contributed by atoms with van der Waals surface area (Å²) < 4.78 is 5.08. The second kappa shape index (κ2) is 8.68. The third-order valence-corrected chi connectivity index (χ3v) is 4.39. The number of rotatable bonds is 4. The first-order valence-corrected chi connectivity index (χ1v) is 9.03. The standard InChI is InChI=1S/C22H24N2O5/c1-11-9-19(23-15(5)25)13(3)7-17(11)21(27)29-22(28)18-8-14(4)20(10-12(18)2)24-16(6)26/h7-10H,1-6H3,(H,23,25)(H,24,26). The maximum atomic E-state index is 12.6. The van der Waals surface area contributed by atoms with E-state index in [0.29, 0.717) is 33.6 Å². The van der Waals surface area contributed by atoms with Crippen molar-refractivity contribution < 1.29 is 23.9 Å². The minimum Gasteiger partial charge on any atom is -0.386 e. The number of hydrogen-bond donors (Lipinski definition) is 2. The van der Waals surface area contributed by atoms with E-state index in [-0.39, 0.29) is 22.9 Å². The van der Waals surface area contributed by atoms with E-state index >= 15 is 0 Å². The summed E-state index contributed by atoms with van der Waals surface area (Å²) in [5.74, 6) is -1.97. The molecule has 29 heavy (non-hydrogen) atoms. The van der Waals surface area contributed by atoms with Crippen molar-refractivity contribution in [1.29, 1.82) is 0 Å². The molecule has 0 aromatic heterocycles. The van der Waals surface area contributed by atoms with Gasteiger partial charge in [0.1, 0.15) is 0 Å². The van der Waals surface area contributed by atoms with Crippen LogP contribution in [-0.4, -0.2) is 23.8 Å². The Morgan fingerprint density at radius 2 is 0.966 bits per heavy atom. The Labute approximate surface area is 169 Å². The molecular weight excluding hydrogens is 372 g/mol. The molecule has 0 unspecified atom stereocenters. The third-order valence-electron chi connectivity index (χ3n) is 4.39. The predicted molar refractivity (Wildman–Crippen MR) is 110 cm³/mol. The van der Waals surface area contributed by atoms with E-state index in [0.717, 1.165) is 0 Å². The lowest BCUT2D eigenvalue weighted by Gasteiger charge is -2.13. The van der Waals surface area contributed by atoms with Gasteiger partial charge in [-0.1, -0.05) is 0 Å². The smallest absolute Gasteiger partial charge is 0.346 e. The van der Waals surface area contributed by atoms with Gasteiger partial charge < -0.3 is 15.4 Å². The number of aryl methyl sites for hydroxylation is 4. The fourth-order valence-corrected chi connectivity index (χ4v) is 2.91. The fraction of sp³-hybridized carbons (Fsp3) is 0.273. The Bertz CT molecular complexity index is 943. The minimum atomic E-state index is -0.770. The zero-order chi connectivity index (χ0) is 21.9. The highest BCUT2D eigenvalue weighted by Gasteiger charge is 2.20. The number of anilines is 2. The van der Waals surface area contributed by atoms with Crippen LogP contribution < -0.4 is 10.6 Å². The highest BCUT2D eigenvalue weighted by Crippen LogP contribution is 2.24. The van der Waals surface area contributed by atoms with Gasteiger partial charge in [0.2, 0.25) is 11.8 Å². The van der Waals surface area contributed by atoms with Crippen molar-refractivity contribution in [2.75, 3.05) is 10.6 Å². The highest BCUT2D eigenvalue weighted by atomic mass is 16.6. The van der Waals surface area contributed by atoms with E-state index in [2.05, 4.69) is 10.6 Å². The Morgan fingerprint density at radius 1 is 0.621 bits per heavy atom. The normalized spacial score (nSPS) is 10.3. The summed E-state index contributed by atoms with van der Waals surface area (Å²) in [5, 5.41) is 5.38. The van der Waals surface area contributed by atoms with Crippen LogP contribution in [0.4, 0.5) is 11.4 Å². The molecule has 2 N–H and O–H groups in total. The van der Waals surface area contributed by atoms with Crippen molar-refractivity contribution in [3.8, 4) is 0 Å². The van der Waals surface area contributed by atoms with Gasteiger partial charge in [-0.05, 0) is 74.2 Å². The van der Waals surface area contributed by atoms with Gasteiger partial charge in [0.25, 0.3) is 0 Å². The van der Waals surface area contributed by atoms with Gasteiger partial charge in [0.15, 0.2) is 0 Å². The first kappa shape index (κ1) is 21.8. The largest absolute Gasteiger partial charge is 0.386 e. The van der Waals surface area contributed by atoms with E-state index in [1.807, 2.05) is 0 Å². The predicted octanol–water partition coefficient (Wildman–Crippen LogP) is 3.83. The Morgan fingerprint density at radius 3 is 1.28 bits per heavy atom. The van der Waals surface area contributed by atoms with E-state index in [1.54, 1.807) is 52.0 Å². The monoisotopic (exact) mass is 396 g/mol. The molecule has 2 aromatic rings. The Balaban J connectivity index is 2.26. The van der Waals surface area contributed by atoms with Crippen molar-refractivity contribution >= 4 is 35.1 Å². The first-order chi connectivity index (χ1) is 13.5. The van der Waals surface area contributed by atoms with Crippen LogP contribution in [0.25, 0.3) is 0 Å². The van der Waals surface area contributed by atoms with Crippen LogP contribution in [0.1, 0.15) is 56.8 Å². The van der Waals surface area contributed by atoms with E-state index in [4.69, 9.17) is 4.74 Å². The van der Waals surface area contributed by atoms with Gasteiger partial charge in [-0.25, -0.2) is 9.59 Å². The summed E-state index contributed by atoms with van der Waals surface area (Å²) in [6, 6.07) is 6.48. The van der Waals surface area contributed by atoms with Crippen LogP contribution in [0.2, 0.25) is 0 Å². The summed E-state index contributed by atoms with van der Waals surface area (Å²) >= 11 is 0.